The van der Waals surface area contributed by atoms with E-state index in [0.717, 1.165) is 40.3 Å². The first-order chi connectivity index (χ1) is 17.5. The fraction of sp³-hybridized carbons (Fsp3) is 0.222. The van der Waals surface area contributed by atoms with Crippen LogP contribution in [0.1, 0.15) is 36.2 Å². The lowest BCUT2D eigenvalue weighted by Crippen LogP contribution is -2.45. The molecular weight excluding hydrogens is 503 g/mol. The minimum absolute atomic E-state index is 0.201. The number of aliphatic carboxylic acids is 1. The number of carboxylic acid groups (broad SMARTS) is 1. The van der Waals surface area contributed by atoms with Gasteiger partial charge in [0.15, 0.2) is 5.13 Å². The summed E-state index contributed by atoms with van der Waals surface area (Å²) < 4.78 is 39.3. The number of nitrogens with zero attached hydrogens (tertiary/aromatic N) is 1. The minimum Gasteiger partial charge on any atom is -0.480 e. The largest absolute Gasteiger partial charge is 0.480 e. The molecule has 0 unspecified atom stereocenters. The lowest BCUT2D eigenvalue weighted by Gasteiger charge is -2.20. The average Bonchev–Trinajstić information content (AvgIpc) is 3.28. The van der Waals surface area contributed by atoms with Gasteiger partial charge in [-0.2, -0.15) is 13.2 Å². The molecule has 192 valence electrons. The number of carboxylic acids is 1. The van der Waals surface area contributed by atoms with Gasteiger partial charge in [-0.05, 0) is 59.5 Å². The molecule has 1 heterocycles. The Hall–Kier alpha value is -3.92. The number of hydrogen-bond donors (Lipinski definition) is 3. The van der Waals surface area contributed by atoms with Gasteiger partial charge >= 0.3 is 12.1 Å². The van der Waals surface area contributed by atoms with Gasteiger partial charge < -0.3 is 15.7 Å². The summed E-state index contributed by atoms with van der Waals surface area (Å²) in [4.78, 5) is 28.4. The number of rotatable bonds is 8. The molecule has 0 fully saturated rings. The van der Waals surface area contributed by atoms with E-state index in [1.54, 1.807) is 31.2 Å². The Morgan fingerprint density at radius 3 is 2.19 bits per heavy atom. The number of fused-ring (bicyclic) bond motifs is 1. The Morgan fingerprint density at radius 1 is 1.00 bits per heavy atom. The van der Waals surface area contributed by atoms with Crippen molar-refractivity contribution in [3.63, 3.8) is 0 Å². The fourth-order valence-electron chi connectivity index (χ4n) is 3.75. The molecule has 1 amide bonds. The van der Waals surface area contributed by atoms with E-state index < -0.39 is 29.7 Å². The molecule has 6 nitrogen and oxygen atoms in total. The molecule has 10 heteroatoms. The summed E-state index contributed by atoms with van der Waals surface area (Å²) in [6.45, 7) is 3.65. The van der Waals surface area contributed by atoms with Crippen molar-refractivity contribution in [2.75, 3.05) is 5.32 Å². The summed E-state index contributed by atoms with van der Waals surface area (Å²) >= 11 is 1.14. The second-order valence-electron chi connectivity index (χ2n) is 8.65. The highest BCUT2D eigenvalue weighted by Gasteiger charge is 2.30. The second-order valence-corrected chi connectivity index (χ2v) is 9.68. The molecule has 4 rings (SSSR count). The molecule has 0 aliphatic rings. The molecular formula is C27H24F3N3O3S. The maximum Gasteiger partial charge on any atom is 0.416 e. The number of carbonyl (C=O) groups excluding carboxylic acids is 1. The van der Waals surface area contributed by atoms with Crippen molar-refractivity contribution >= 4 is 44.2 Å². The lowest BCUT2D eigenvalue weighted by atomic mass is 9.98. The van der Waals surface area contributed by atoms with Gasteiger partial charge in [0.1, 0.15) is 6.04 Å². The van der Waals surface area contributed by atoms with Crippen LogP contribution in [0.2, 0.25) is 0 Å². The van der Waals surface area contributed by atoms with Gasteiger partial charge in [-0.3, -0.25) is 4.79 Å². The first-order valence-electron chi connectivity index (χ1n) is 11.5. The summed E-state index contributed by atoms with van der Waals surface area (Å²) in [7, 11) is 0. The van der Waals surface area contributed by atoms with E-state index in [4.69, 9.17) is 0 Å². The van der Waals surface area contributed by atoms with Crippen molar-refractivity contribution in [2.45, 2.75) is 32.5 Å². The molecule has 0 radical (unpaired) electrons. The number of anilines is 2. The van der Waals surface area contributed by atoms with Crippen LogP contribution in [0.25, 0.3) is 21.3 Å². The number of alkyl halides is 3. The zero-order valence-electron chi connectivity index (χ0n) is 20.0. The molecule has 0 saturated carbocycles. The summed E-state index contributed by atoms with van der Waals surface area (Å²) in [5, 5.41) is 15.6. The minimum atomic E-state index is -4.40. The molecule has 0 bridgehead atoms. The molecule has 4 aromatic rings. The topological polar surface area (TPSA) is 91.3 Å². The van der Waals surface area contributed by atoms with Crippen LogP contribution in [-0.2, 0) is 11.0 Å². The highest BCUT2D eigenvalue weighted by molar-refractivity contribution is 7.22. The van der Waals surface area contributed by atoms with Gasteiger partial charge in [-0.25, -0.2) is 9.78 Å². The Kier molecular flexibility index (Phi) is 7.49. The molecule has 3 aromatic carbocycles. The molecule has 0 aliphatic carbocycles. The number of amides is 1. The summed E-state index contributed by atoms with van der Waals surface area (Å²) in [6.07, 6.45) is -3.78. The summed E-state index contributed by atoms with van der Waals surface area (Å²) in [5.41, 5.74) is 2.61. The third kappa shape index (κ3) is 6.08. The van der Waals surface area contributed by atoms with Gasteiger partial charge in [-0.1, -0.05) is 55.9 Å². The quantitative estimate of drug-likeness (QED) is 0.231. The van der Waals surface area contributed by atoms with Gasteiger partial charge in [0.2, 0.25) is 0 Å². The van der Waals surface area contributed by atoms with Crippen LogP contribution in [0.5, 0.6) is 0 Å². The van der Waals surface area contributed by atoms with Crippen molar-refractivity contribution in [1.29, 1.82) is 0 Å². The molecule has 0 saturated heterocycles. The molecule has 0 aliphatic heterocycles. The Balaban J connectivity index is 1.43. The average molecular weight is 528 g/mol. The van der Waals surface area contributed by atoms with Crippen molar-refractivity contribution in [3.05, 3.63) is 77.9 Å². The smallest absolute Gasteiger partial charge is 0.416 e. The zero-order valence-corrected chi connectivity index (χ0v) is 20.8. The van der Waals surface area contributed by atoms with Gasteiger partial charge in [-0.15, -0.1) is 0 Å². The monoisotopic (exact) mass is 527 g/mol. The van der Waals surface area contributed by atoms with Gasteiger partial charge in [0, 0.05) is 11.3 Å². The maximum atomic E-state index is 13.0. The van der Waals surface area contributed by atoms with E-state index in [1.165, 1.54) is 6.07 Å². The van der Waals surface area contributed by atoms with Crippen LogP contribution in [0, 0.1) is 5.92 Å². The number of thiazole rings is 1. The summed E-state index contributed by atoms with van der Waals surface area (Å²) in [5.74, 6) is -1.71. The van der Waals surface area contributed by atoms with Crippen LogP contribution in [0.3, 0.4) is 0 Å². The standard InChI is InChI=1S/C27H24F3N3O3S/c1-3-15(2)23(25(35)36)33-24(34)18-6-4-16(5-7-18)17-8-11-20(12-9-17)31-26-32-21-13-10-19(27(28,29)30)14-22(21)37-26/h4-15,23H,3H2,1-2H3,(H,31,32)(H,33,34)(H,35,36)/t15-,23-/m0/s1. The number of halogens is 3. The normalized spacial score (nSPS) is 13.2. The van der Waals surface area contributed by atoms with Gasteiger partial charge in [0.05, 0.1) is 15.8 Å². The molecule has 1 aromatic heterocycles. The molecule has 2 atom stereocenters. The fourth-order valence-corrected chi connectivity index (χ4v) is 4.67. The maximum absolute atomic E-state index is 13.0. The number of hydrogen-bond acceptors (Lipinski definition) is 5. The number of benzene rings is 3. The van der Waals surface area contributed by atoms with E-state index in [2.05, 4.69) is 15.6 Å². The third-order valence-electron chi connectivity index (χ3n) is 6.10. The molecule has 37 heavy (non-hydrogen) atoms. The highest BCUT2D eigenvalue weighted by Crippen LogP contribution is 2.35. The number of aromatic nitrogens is 1. The Morgan fingerprint density at radius 2 is 1.62 bits per heavy atom. The predicted octanol–water partition coefficient (Wildman–Crippen LogP) is 6.95. The first kappa shape index (κ1) is 26.2. The van der Waals surface area contributed by atoms with Crippen molar-refractivity contribution in [3.8, 4) is 11.1 Å². The van der Waals surface area contributed by atoms with E-state index in [0.29, 0.717) is 27.3 Å². The number of carbonyl (C=O) groups is 2. The highest BCUT2D eigenvalue weighted by atomic mass is 32.1. The van der Waals surface area contributed by atoms with E-state index in [9.17, 15) is 27.9 Å². The van der Waals surface area contributed by atoms with Crippen molar-refractivity contribution < 1.29 is 27.9 Å². The van der Waals surface area contributed by atoms with Crippen LogP contribution in [-0.4, -0.2) is 28.0 Å². The molecule has 3 N–H and O–H groups in total. The van der Waals surface area contributed by atoms with Gasteiger partial charge in [0.25, 0.3) is 5.91 Å². The van der Waals surface area contributed by atoms with Crippen LogP contribution in [0.4, 0.5) is 24.0 Å². The van der Waals surface area contributed by atoms with E-state index >= 15 is 0 Å². The number of nitrogens with one attached hydrogen (secondary N) is 2. The van der Waals surface area contributed by atoms with Crippen molar-refractivity contribution in [1.82, 2.24) is 10.3 Å². The van der Waals surface area contributed by atoms with Crippen LogP contribution >= 0.6 is 11.3 Å². The predicted molar refractivity (Wildman–Crippen MR) is 138 cm³/mol. The van der Waals surface area contributed by atoms with Crippen molar-refractivity contribution in [2.24, 2.45) is 5.92 Å². The summed E-state index contributed by atoms with van der Waals surface area (Å²) in [6, 6.07) is 16.8. The molecule has 0 spiro atoms. The third-order valence-corrected chi connectivity index (χ3v) is 7.03. The first-order valence-corrected chi connectivity index (χ1v) is 12.4. The lowest BCUT2D eigenvalue weighted by molar-refractivity contribution is -0.140. The Labute approximate surface area is 215 Å². The van der Waals surface area contributed by atoms with Crippen LogP contribution in [0.15, 0.2) is 66.7 Å². The van der Waals surface area contributed by atoms with E-state index in [-0.39, 0.29) is 5.92 Å². The zero-order chi connectivity index (χ0) is 26.7. The second kappa shape index (κ2) is 10.6. The Bertz CT molecular complexity index is 1420. The van der Waals surface area contributed by atoms with Crippen LogP contribution < -0.4 is 10.6 Å². The SMILES string of the molecule is CC[C@H](C)[C@H](NC(=O)c1ccc(-c2ccc(Nc3nc4ccc(C(F)(F)F)cc4s3)cc2)cc1)C(=O)O. The van der Waals surface area contributed by atoms with E-state index in [1.807, 2.05) is 31.2 Å².